The first kappa shape index (κ1) is 22.2. The van der Waals surface area contributed by atoms with Crippen LogP contribution in [0.4, 0.5) is 0 Å². The van der Waals surface area contributed by atoms with Gasteiger partial charge in [-0.2, -0.15) is 0 Å². The molecule has 0 aliphatic heterocycles. The molecule has 5 nitrogen and oxygen atoms in total. The van der Waals surface area contributed by atoms with Gasteiger partial charge in [0.05, 0.1) is 6.61 Å². The molecule has 0 spiro atoms. The Kier molecular flexibility index (Phi) is 11.5. The fourth-order valence-corrected chi connectivity index (χ4v) is 2.32. The lowest BCUT2D eigenvalue weighted by Crippen LogP contribution is -2.37. The monoisotopic (exact) mass is 469 g/mol. The van der Waals surface area contributed by atoms with E-state index in [2.05, 4.69) is 39.9 Å². The van der Waals surface area contributed by atoms with E-state index in [-0.39, 0.29) is 24.0 Å². The molecule has 0 saturated carbocycles. The van der Waals surface area contributed by atoms with E-state index in [0.29, 0.717) is 19.8 Å². The lowest BCUT2D eigenvalue weighted by Gasteiger charge is -2.12. The number of rotatable bonds is 9. The number of hydrogen-bond donors (Lipinski definition) is 2. The smallest absolute Gasteiger partial charge is 0.191 e. The van der Waals surface area contributed by atoms with Gasteiger partial charge in [0.1, 0.15) is 12.4 Å². The van der Waals surface area contributed by atoms with Gasteiger partial charge in [-0.15, -0.1) is 24.0 Å². The van der Waals surface area contributed by atoms with Crippen molar-refractivity contribution in [2.24, 2.45) is 4.99 Å². The standard InChI is InChI=1S/C20H27N3O2.HI/c1-21-20(22-13-12-17-6-4-3-5-7-17)23-16-18-8-10-19(11-9-18)25-15-14-24-2;/h3-11H,12-16H2,1-2H3,(H2,21,22,23);1H. The topological polar surface area (TPSA) is 54.9 Å². The van der Waals surface area contributed by atoms with E-state index >= 15 is 0 Å². The minimum Gasteiger partial charge on any atom is -0.491 e. The Hall–Kier alpha value is -1.80. The van der Waals surface area contributed by atoms with Crippen LogP contribution in [0.1, 0.15) is 11.1 Å². The highest BCUT2D eigenvalue weighted by Gasteiger charge is 2.00. The van der Waals surface area contributed by atoms with E-state index in [1.165, 1.54) is 11.1 Å². The van der Waals surface area contributed by atoms with Crippen molar-refractivity contribution >= 4 is 29.9 Å². The first-order valence-electron chi connectivity index (χ1n) is 8.51. The van der Waals surface area contributed by atoms with Crippen LogP contribution in [0, 0.1) is 0 Å². The van der Waals surface area contributed by atoms with Crippen molar-refractivity contribution in [1.82, 2.24) is 10.6 Å². The summed E-state index contributed by atoms with van der Waals surface area (Å²) in [6.07, 6.45) is 0.967. The predicted octanol–water partition coefficient (Wildman–Crippen LogP) is 3.24. The molecule has 2 rings (SSSR count). The summed E-state index contributed by atoms with van der Waals surface area (Å²) in [7, 11) is 3.45. The molecule has 0 atom stereocenters. The van der Waals surface area contributed by atoms with E-state index in [0.717, 1.165) is 24.7 Å². The van der Waals surface area contributed by atoms with Crippen molar-refractivity contribution in [3.05, 3.63) is 65.7 Å². The Morgan fingerprint density at radius 2 is 1.65 bits per heavy atom. The molecule has 0 bridgehead atoms. The number of hydrogen-bond acceptors (Lipinski definition) is 3. The molecule has 142 valence electrons. The second-order valence-corrected chi connectivity index (χ2v) is 5.57. The van der Waals surface area contributed by atoms with E-state index in [4.69, 9.17) is 9.47 Å². The van der Waals surface area contributed by atoms with Gasteiger partial charge >= 0.3 is 0 Å². The summed E-state index contributed by atoms with van der Waals surface area (Å²) in [5.41, 5.74) is 2.49. The highest BCUT2D eigenvalue weighted by Crippen LogP contribution is 2.11. The maximum Gasteiger partial charge on any atom is 0.191 e. The summed E-state index contributed by atoms with van der Waals surface area (Å²) in [6.45, 7) is 2.71. The van der Waals surface area contributed by atoms with E-state index in [1.807, 2.05) is 30.3 Å². The van der Waals surface area contributed by atoms with Crippen LogP contribution in [-0.4, -0.2) is 39.9 Å². The van der Waals surface area contributed by atoms with Crippen molar-refractivity contribution in [3.63, 3.8) is 0 Å². The molecule has 0 aliphatic carbocycles. The average molecular weight is 469 g/mol. The number of methoxy groups -OCH3 is 1. The molecule has 6 heteroatoms. The molecule has 2 N–H and O–H groups in total. The fraction of sp³-hybridized carbons (Fsp3) is 0.350. The van der Waals surface area contributed by atoms with Crippen LogP contribution in [0.5, 0.6) is 5.75 Å². The molecule has 0 unspecified atom stereocenters. The lowest BCUT2D eigenvalue weighted by molar-refractivity contribution is 0.146. The molecule has 0 aromatic heterocycles. The molecule has 2 aromatic carbocycles. The summed E-state index contributed by atoms with van der Waals surface area (Å²) >= 11 is 0. The van der Waals surface area contributed by atoms with E-state index in [9.17, 15) is 0 Å². The van der Waals surface area contributed by atoms with Gasteiger partial charge in [0.25, 0.3) is 0 Å². The van der Waals surface area contributed by atoms with Crippen molar-refractivity contribution < 1.29 is 9.47 Å². The van der Waals surface area contributed by atoms with Gasteiger partial charge < -0.3 is 20.1 Å². The highest BCUT2D eigenvalue weighted by atomic mass is 127. The third-order valence-corrected chi connectivity index (χ3v) is 3.71. The third kappa shape index (κ3) is 8.53. The van der Waals surface area contributed by atoms with Crippen molar-refractivity contribution in [1.29, 1.82) is 0 Å². The SMILES string of the molecule is CN=C(NCCc1ccccc1)NCc1ccc(OCCOC)cc1.I. The molecule has 0 saturated heterocycles. The Morgan fingerprint density at radius 3 is 2.31 bits per heavy atom. The number of halogens is 1. The predicted molar refractivity (Wildman–Crippen MR) is 118 cm³/mol. The van der Waals surface area contributed by atoms with Gasteiger partial charge in [-0.05, 0) is 29.7 Å². The first-order valence-corrected chi connectivity index (χ1v) is 8.51. The second-order valence-electron chi connectivity index (χ2n) is 5.57. The van der Waals surface area contributed by atoms with Gasteiger partial charge in [0.15, 0.2) is 5.96 Å². The van der Waals surface area contributed by atoms with Gasteiger partial charge in [-0.25, -0.2) is 0 Å². The summed E-state index contributed by atoms with van der Waals surface area (Å²) < 4.78 is 10.5. The van der Waals surface area contributed by atoms with Crippen LogP contribution < -0.4 is 15.4 Å². The fourth-order valence-electron chi connectivity index (χ4n) is 2.32. The molecule has 2 aromatic rings. The summed E-state index contributed by atoms with van der Waals surface area (Å²) in [6, 6.07) is 18.5. The number of aliphatic imine (C=N–C) groups is 1. The number of ether oxygens (including phenoxy) is 2. The van der Waals surface area contributed by atoms with Crippen LogP contribution in [0.2, 0.25) is 0 Å². The normalized spacial score (nSPS) is 10.8. The first-order chi connectivity index (χ1) is 12.3. The van der Waals surface area contributed by atoms with Crippen molar-refractivity contribution in [2.45, 2.75) is 13.0 Å². The van der Waals surface area contributed by atoms with Crippen LogP contribution in [0.3, 0.4) is 0 Å². The molecule has 0 aliphatic rings. The second kappa shape index (κ2) is 13.4. The van der Waals surface area contributed by atoms with Gasteiger partial charge in [-0.3, -0.25) is 4.99 Å². The molecular formula is C20H28IN3O2. The minimum absolute atomic E-state index is 0. The Labute approximate surface area is 173 Å². The van der Waals surface area contributed by atoms with Crippen molar-refractivity contribution in [3.8, 4) is 5.75 Å². The zero-order valence-corrected chi connectivity index (χ0v) is 17.7. The molecule has 0 amide bonds. The zero-order chi connectivity index (χ0) is 17.7. The molecule has 0 heterocycles. The Balaban J connectivity index is 0.00000338. The molecule has 0 radical (unpaired) electrons. The number of guanidine groups is 1. The minimum atomic E-state index is 0. The Morgan fingerprint density at radius 1 is 0.923 bits per heavy atom. The van der Waals surface area contributed by atoms with Crippen molar-refractivity contribution in [2.75, 3.05) is 33.9 Å². The molecule has 26 heavy (non-hydrogen) atoms. The van der Waals surface area contributed by atoms with Gasteiger partial charge in [0.2, 0.25) is 0 Å². The van der Waals surface area contributed by atoms with Crippen LogP contribution in [-0.2, 0) is 17.7 Å². The molecule has 0 fully saturated rings. The van der Waals surface area contributed by atoms with E-state index in [1.54, 1.807) is 14.2 Å². The summed E-state index contributed by atoms with van der Waals surface area (Å²) in [4.78, 5) is 4.26. The van der Waals surface area contributed by atoms with E-state index < -0.39 is 0 Å². The number of benzene rings is 2. The summed E-state index contributed by atoms with van der Waals surface area (Å²) in [5.74, 6) is 1.66. The maximum absolute atomic E-state index is 5.56. The number of nitrogens with one attached hydrogen (secondary N) is 2. The Bertz CT molecular complexity index is 633. The van der Waals surface area contributed by atoms with Gasteiger partial charge in [0, 0.05) is 27.2 Å². The molecular weight excluding hydrogens is 441 g/mol. The van der Waals surface area contributed by atoms with Crippen LogP contribution >= 0.6 is 24.0 Å². The zero-order valence-electron chi connectivity index (χ0n) is 15.4. The highest BCUT2D eigenvalue weighted by molar-refractivity contribution is 14.0. The quantitative estimate of drug-likeness (QED) is 0.256. The lowest BCUT2D eigenvalue weighted by atomic mass is 10.1. The van der Waals surface area contributed by atoms with Crippen LogP contribution in [0.15, 0.2) is 59.6 Å². The maximum atomic E-state index is 5.56. The van der Waals surface area contributed by atoms with Crippen LogP contribution in [0.25, 0.3) is 0 Å². The number of nitrogens with zero attached hydrogens (tertiary/aromatic N) is 1. The van der Waals surface area contributed by atoms with Gasteiger partial charge in [-0.1, -0.05) is 42.5 Å². The summed E-state index contributed by atoms with van der Waals surface area (Å²) in [5, 5.41) is 6.66. The third-order valence-electron chi connectivity index (χ3n) is 3.71. The average Bonchev–Trinajstić information content (AvgIpc) is 2.66. The largest absolute Gasteiger partial charge is 0.491 e.